The molecular weight excluding hydrogens is 276 g/mol. The smallest absolute Gasteiger partial charge is 0.221 e. The fourth-order valence-electron chi connectivity index (χ4n) is 2.59. The van der Waals surface area contributed by atoms with Gasteiger partial charge in [-0.15, -0.1) is 0 Å². The molecule has 1 saturated heterocycles. The number of rotatable bonds is 7. The van der Waals surface area contributed by atoms with Crippen molar-refractivity contribution in [3.63, 3.8) is 0 Å². The number of amides is 1. The van der Waals surface area contributed by atoms with Crippen molar-refractivity contribution in [2.45, 2.75) is 13.3 Å². The summed E-state index contributed by atoms with van der Waals surface area (Å²) in [5.41, 5.74) is 6.83. The van der Waals surface area contributed by atoms with Crippen molar-refractivity contribution in [1.82, 2.24) is 10.2 Å². The molecule has 0 aromatic heterocycles. The maximum absolute atomic E-state index is 11.8. The van der Waals surface area contributed by atoms with E-state index in [2.05, 4.69) is 39.4 Å². The predicted molar refractivity (Wildman–Crippen MR) is 90.9 cm³/mol. The van der Waals surface area contributed by atoms with E-state index in [9.17, 15) is 4.79 Å². The number of para-hydroxylation sites is 1. The molecule has 122 valence electrons. The molecule has 1 amide bonds. The Morgan fingerprint density at radius 1 is 1.23 bits per heavy atom. The topological polar surface area (TPSA) is 61.6 Å². The number of carbonyl (C=O) groups is 1. The van der Waals surface area contributed by atoms with E-state index >= 15 is 0 Å². The molecule has 2 rings (SSSR count). The van der Waals surface area contributed by atoms with Gasteiger partial charge in [0.2, 0.25) is 5.91 Å². The second-order valence-corrected chi connectivity index (χ2v) is 6.06. The number of anilines is 1. The summed E-state index contributed by atoms with van der Waals surface area (Å²) < 4.78 is 0. The number of nitrogens with zero attached hydrogens (tertiary/aromatic N) is 2. The van der Waals surface area contributed by atoms with Crippen molar-refractivity contribution in [3.05, 3.63) is 30.3 Å². The fraction of sp³-hybridized carbons (Fsp3) is 0.588. The summed E-state index contributed by atoms with van der Waals surface area (Å²) in [5, 5.41) is 2.95. The Kier molecular flexibility index (Phi) is 6.68. The number of hydrogen-bond acceptors (Lipinski definition) is 4. The van der Waals surface area contributed by atoms with Crippen LogP contribution < -0.4 is 16.0 Å². The first-order chi connectivity index (χ1) is 10.7. The number of nitrogens with one attached hydrogen (secondary N) is 1. The van der Waals surface area contributed by atoms with Gasteiger partial charge in [-0.3, -0.25) is 9.69 Å². The van der Waals surface area contributed by atoms with E-state index in [1.54, 1.807) is 0 Å². The van der Waals surface area contributed by atoms with Gasteiger partial charge in [0, 0.05) is 51.4 Å². The number of nitrogens with two attached hydrogens (primary N) is 1. The Morgan fingerprint density at radius 3 is 2.55 bits per heavy atom. The lowest BCUT2D eigenvalue weighted by atomic mass is 10.2. The van der Waals surface area contributed by atoms with E-state index < -0.39 is 0 Å². The van der Waals surface area contributed by atoms with Gasteiger partial charge in [-0.05, 0) is 24.6 Å². The molecular formula is C17H28N4O. The van der Waals surface area contributed by atoms with E-state index in [-0.39, 0.29) is 5.91 Å². The summed E-state index contributed by atoms with van der Waals surface area (Å²) in [6, 6.07) is 10.5. The van der Waals surface area contributed by atoms with Gasteiger partial charge in [0.1, 0.15) is 0 Å². The van der Waals surface area contributed by atoms with Crippen LogP contribution in [0.1, 0.15) is 13.3 Å². The maximum atomic E-state index is 11.8. The van der Waals surface area contributed by atoms with Crippen molar-refractivity contribution >= 4 is 11.6 Å². The predicted octanol–water partition coefficient (Wildman–Crippen LogP) is 0.910. The average molecular weight is 304 g/mol. The van der Waals surface area contributed by atoms with Crippen molar-refractivity contribution in [2.75, 3.05) is 50.7 Å². The molecule has 0 radical (unpaired) electrons. The highest BCUT2D eigenvalue weighted by atomic mass is 16.1. The summed E-state index contributed by atoms with van der Waals surface area (Å²) in [6.07, 6.45) is 0.572. The van der Waals surface area contributed by atoms with Crippen LogP contribution in [0.15, 0.2) is 30.3 Å². The van der Waals surface area contributed by atoms with Crippen LogP contribution in [0.4, 0.5) is 5.69 Å². The third kappa shape index (κ3) is 5.31. The summed E-state index contributed by atoms with van der Waals surface area (Å²) in [7, 11) is 0. The van der Waals surface area contributed by atoms with Gasteiger partial charge in [-0.25, -0.2) is 0 Å². The third-order valence-electron chi connectivity index (χ3n) is 4.20. The molecule has 1 fully saturated rings. The minimum Gasteiger partial charge on any atom is -0.369 e. The number of carbonyl (C=O) groups excluding carboxylic acids is 1. The first-order valence-electron chi connectivity index (χ1n) is 8.18. The van der Waals surface area contributed by atoms with Crippen LogP contribution in [0.25, 0.3) is 0 Å². The molecule has 1 aromatic carbocycles. The van der Waals surface area contributed by atoms with Gasteiger partial charge in [0.15, 0.2) is 0 Å². The quantitative estimate of drug-likeness (QED) is 0.786. The monoisotopic (exact) mass is 304 g/mol. The van der Waals surface area contributed by atoms with Crippen LogP contribution in [0.3, 0.4) is 0 Å². The number of hydrogen-bond donors (Lipinski definition) is 2. The standard InChI is InChI=1S/C17H28N4O/c1-15(13-18)14-19-17(22)7-8-20-9-11-21(12-10-20)16-5-3-2-4-6-16/h2-6,15H,7-14,18H2,1H3,(H,19,22). The maximum Gasteiger partial charge on any atom is 0.221 e. The summed E-state index contributed by atoms with van der Waals surface area (Å²) in [6.45, 7) is 8.25. The van der Waals surface area contributed by atoms with Crippen LogP contribution in [-0.2, 0) is 4.79 Å². The Hall–Kier alpha value is -1.59. The molecule has 1 heterocycles. The molecule has 1 aliphatic heterocycles. The number of benzene rings is 1. The van der Waals surface area contributed by atoms with Gasteiger partial charge in [0.25, 0.3) is 0 Å². The molecule has 22 heavy (non-hydrogen) atoms. The molecule has 5 heteroatoms. The number of piperazine rings is 1. The summed E-state index contributed by atoms with van der Waals surface area (Å²) in [4.78, 5) is 16.6. The van der Waals surface area contributed by atoms with Crippen molar-refractivity contribution in [1.29, 1.82) is 0 Å². The lowest BCUT2D eigenvalue weighted by Gasteiger charge is -2.36. The highest BCUT2D eigenvalue weighted by Crippen LogP contribution is 2.15. The lowest BCUT2D eigenvalue weighted by Crippen LogP contribution is -2.47. The first kappa shape index (κ1) is 16.8. The minimum atomic E-state index is 0.130. The summed E-state index contributed by atoms with van der Waals surface area (Å²) in [5.74, 6) is 0.476. The van der Waals surface area contributed by atoms with Crippen molar-refractivity contribution < 1.29 is 4.79 Å². The van der Waals surface area contributed by atoms with Crippen LogP contribution in [-0.4, -0.2) is 56.6 Å². The highest BCUT2D eigenvalue weighted by molar-refractivity contribution is 5.76. The van der Waals surface area contributed by atoms with Crippen LogP contribution in [0, 0.1) is 5.92 Å². The Morgan fingerprint density at radius 2 is 1.91 bits per heavy atom. The van der Waals surface area contributed by atoms with Gasteiger partial charge >= 0.3 is 0 Å². The average Bonchev–Trinajstić information content (AvgIpc) is 2.59. The Balaban J connectivity index is 1.64. The normalized spacial score (nSPS) is 17.3. The minimum absolute atomic E-state index is 0.130. The molecule has 0 bridgehead atoms. The van der Waals surface area contributed by atoms with Crippen molar-refractivity contribution in [2.24, 2.45) is 11.7 Å². The Bertz CT molecular complexity index is 443. The summed E-state index contributed by atoms with van der Waals surface area (Å²) >= 11 is 0. The molecule has 1 aliphatic rings. The SMILES string of the molecule is CC(CN)CNC(=O)CCN1CCN(c2ccccc2)CC1. The van der Waals surface area contributed by atoms with Crippen LogP contribution >= 0.6 is 0 Å². The molecule has 3 N–H and O–H groups in total. The molecule has 0 spiro atoms. The van der Waals surface area contributed by atoms with E-state index in [1.807, 2.05) is 13.0 Å². The second-order valence-electron chi connectivity index (χ2n) is 6.06. The third-order valence-corrected chi connectivity index (χ3v) is 4.20. The van der Waals surface area contributed by atoms with Crippen LogP contribution in [0.2, 0.25) is 0 Å². The van der Waals surface area contributed by atoms with E-state index in [0.29, 0.717) is 25.4 Å². The van der Waals surface area contributed by atoms with Gasteiger partial charge in [-0.2, -0.15) is 0 Å². The van der Waals surface area contributed by atoms with Gasteiger partial charge in [-0.1, -0.05) is 25.1 Å². The molecule has 0 aliphatic carbocycles. The Labute approximate surface area is 133 Å². The van der Waals surface area contributed by atoms with E-state index in [4.69, 9.17) is 5.73 Å². The van der Waals surface area contributed by atoms with Crippen molar-refractivity contribution in [3.8, 4) is 0 Å². The zero-order valence-corrected chi connectivity index (χ0v) is 13.5. The first-order valence-corrected chi connectivity index (χ1v) is 8.18. The molecule has 0 saturated carbocycles. The fourth-order valence-corrected chi connectivity index (χ4v) is 2.59. The zero-order chi connectivity index (χ0) is 15.8. The van der Waals surface area contributed by atoms with Gasteiger partial charge < -0.3 is 16.0 Å². The van der Waals surface area contributed by atoms with E-state index in [1.165, 1.54) is 5.69 Å². The second kappa shape index (κ2) is 8.76. The van der Waals surface area contributed by atoms with Gasteiger partial charge in [0.05, 0.1) is 0 Å². The highest BCUT2D eigenvalue weighted by Gasteiger charge is 2.17. The molecule has 1 unspecified atom stereocenters. The largest absolute Gasteiger partial charge is 0.369 e. The molecule has 5 nitrogen and oxygen atoms in total. The zero-order valence-electron chi connectivity index (χ0n) is 13.5. The van der Waals surface area contributed by atoms with Crippen LogP contribution in [0.5, 0.6) is 0 Å². The lowest BCUT2D eigenvalue weighted by molar-refractivity contribution is -0.121. The van der Waals surface area contributed by atoms with E-state index in [0.717, 1.165) is 32.7 Å². The molecule has 1 atom stereocenters. The molecule has 1 aromatic rings.